The number of aryl methyl sites for hydroxylation is 1. The van der Waals surface area contributed by atoms with Crippen molar-refractivity contribution < 1.29 is 0 Å². The van der Waals surface area contributed by atoms with Gasteiger partial charge in [0.2, 0.25) is 0 Å². The lowest BCUT2D eigenvalue weighted by Crippen LogP contribution is -2.22. The molecule has 0 aliphatic rings. The van der Waals surface area contributed by atoms with E-state index in [-0.39, 0.29) is 6.04 Å². The van der Waals surface area contributed by atoms with Crippen LogP contribution in [0.5, 0.6) is 0 Å². The topological polar surface area (TPSA) is 42.7 Å². The van der Waals surface area contributed by atoms with Gasteiger partial charge in [-0.2, -0.15) is 0 Å². The monoisotopic (exact) mass is 250 g/mol. The summed E-state index contributed by atoms with van der Waals surface area (Å²) in [6, 6.07) is 10.3. The maximum absolute atomic E-state index is 5.97. The standard InChI is InChI=1S/C12H15ClN4/c1-17-9-11(15-16-17)8-14-12(7-13)10-5-3-2-4-6-10/h2-6,9,12,14H,7-8H2,1H3. The van der Waals surface area contributed by atoms with Gasteiger partial charge in [0.05, 0.1) is 5.69 Å². The van der Waals surface area contributed by atoms with E-state index in [0.717, 1.165) is 5.69 Å². The van der Waals surface area contributed by atoms with Crippen LogP contribution in [0.3, 0.4) is 0 Å². The van der Waals surface area contributed by atoms with Gasteiger partial charge in [-0.1, -0.05) is 35.5 Å². The minimum atomic E-state index is 0.139. The molecule has 0 spiro atoms. The van der Waals surface area contributed by atoms with E-state index in [0.29, 0.717) is 12.4 Å². The first-order chi connectivity index (χ1) is 8.29. The van der Waals surface area contributed by atoms with Crippen LogP contribution >= 0.6 is 11.6 Å². The number of benzene rings is 1. The van der Waals surface area contributed by atoms with Gasteiger partial charge in [-0.3, -0.25) is 4.68 Å². The molecule has 4 nitrogen and oxygen atoms in total. The van der Waals surface area contributed by atoms with Crippen LogP contribution in [0.1, 0.15) is 17.3 Å². The molecule has 2 aromatic rings. The van der Waals surface area contributed by atoms with Crippen molar-refractivity contribution in [1.82, 2.24) is 20.3 Å². The Bertz CT molecular complexity index is 455. The van der Waals surface area contributed by atoms with Gasteiger partial charge in [0.1, 0.15) is 0 Å². The van der Waals surface area contributed by atoms with Crippen molar-refractivity contribution >= 4 is 11.6 Å². The van der Waals surface area contributed by atoms with Gasteiger partial charge in [0, 0.05) is 31.7 Å². The lowest BCUT2D eigenvalue weighted by molar-refractivity contribution is 0.571. The zero-order valence-electron chi connectivity index (χ0n) is 9.68. The molecule has 0 aliphatic heterocycles. The van der Waals surface area contributed by atoms with Crippen molar-refractivity contribution in [3.8, 4) is 0 Å². The zero-order valence-corrected chi connectivity index (χ0v) is 10.4. The fourth-order valence-electron chi connectivity index (χ4n) is 1.65. The highest BCUT2D eigenvalue weighted by molar-refractivity contribution is 6.18. The molecular formula is C12H15ClN4. The average molecular weight is 251 g/mol. The molecule has 0 saturated carbocycles. The van der Waals surface area contributed by atoms with E-state index < -0.39 is 0 Å². The molecule has 1 atom stereocenters. The molecule has 0 radical (unpaired) electrons. The quantitative estimate of drug-likeness (QED) is 0.824. The number of hydrogen-bond acceptors (Lipinski definition) is 3. The van der Waals surface area contributed by atoms with Crippen LogP contribution < -0.4 is 5.32 Å². The first-order valence-electron chi connectivity index (χ1n) is 5.49. The molecule has 0 aliphatic carbocycles. The second kappa shape index (κ2) is 5.80. The second-order valence-electron chi connectivity index (χ2n) is 3.88. The van der Waals surface area contributed by atoms with E-state index in [1.54, 1.807) is 4.68 Å². The summed E-state index contributed by atoms with van der Waals surface area (Å²) in [5, 5.41) is 11.3. The highest BCUT2D eigenvalue weighted by Gasteiger charge is 2.09. The number of hydrogen-bond donors (Lipinski definition) is 1. The normalized spacial score (nSPS) is 12.6. The van der Waals surface area contributed by atoms with Crippen LogP contribution in [0.25, 0.3) is 0 Å². The third kappa shape index (κ3) is 3.28. The van der Waals surface area contributed by atoms with E-state index in [9.17, 15) is 0 Å². The SMILES string of the molecule is Cn1cc(CNC(CCl)c2ccccc2)nn1. The Hall–Kier alpha value is -1.39. The molecule has 1 heterocycles. The Morgan fingerprint density at radius 1 is 1.35 bits per heavy atom. The molecule has 1 N–H and O–H groups in total. The molecule has 5 heteroatoms. The van der Waals surface area contributed by atoms with E-state index in [2.05, 4.69) is 27.8 Å². The summed E-state index contributed by atoms with van der Waals surface area (Å²) in [6.07, 6.45) is 1.89. The van der Waals surface area contributed by atoms with Crippen LogP contribution in [0, 0.1) is 0 Å². The summed E-state index contributed by atoms with van der Waals surface area (Å²) >= 11 is 5.97. The second-order valence-corrected chi connectivity index (χ2v) is 4.19. The van der Waals surface area contributed by atoms with E-state index in [4.69, 9.17) is 11.6 Å². The van der Waals surface area contributed by atoms with Gasteiger partial charge in [0.15, 0.2) is 0 Å². The van der Waals surface area contributed by atoms with Crippen molar-refractivity contribution in [2.45, 2.75) is 12.6 Å². The Kier molecular flexibility index (Phi) is 4.12. The maximum Gasteiger partial charge on any atom is 0.0964 e. The van der Waals surface area contributed by atoms with Crippen molar-refractivity contribution in [3.63, 3.8) is 0 Å². The summed E-state index contributed by atoms with van der Waals surface area (Å²) in [5.41, 5.74) is 2.10. The Morgan fingerprint density at radius 3 is 2.71 bits per heavy atom. The van der Waals surface area contributed by atoms with Crippen molar-refractivity contribution in [1.29, 1.82) is 0 Å². The summed E-state index contributed by atoms with van der Waals surface area (Å²) < 4.78 is 1.69. The molecule has 2 rings (SSSR count). The number of alkyl halides is 1. The van der Waals surface area contributed by atoms with E-state index in [1.807, 2.05) is 31.4 Å². The predicted octanol–water partition coefficient (Wildman–Crippen LogP) is 1.88. The average Bonchev–Trinajstić information content (AvgIpc) is 2.77. The minimum Gasteiger partial charge on any atom is -0.303 e. The number of halogens is 1. The van der Waals surface area contributed by atoms with Crippen LogP contribution in [-0.4, -0.2) is 20.9 Å². The Labute approximate surface area is 106 Å². The third-order valence-corrected chi connectivity index (χ3v) is 2.84. The molecule has 0 fully saturated rings. The number of aromatic nitrogens is 3. The fraction of sp³-hybridized carbons (Fsp3) is 0.333. The van der Waals surface area contributed by atoms with Gasteiger partial charge in [-0.05, 0) is 5.56 Å². The summed E-state index contributed by atoms with van der Waals surface area (Å²) in [4.78, 5) is 0. The van der Waals surface area contributed by atoms with Crippen LogP contribution in [0.4, 0.5) is 0 Å². The van der Waals surface area contributed by atoms with Gasteiger partial charge < -0.3 is 5.32 Å². The van der Waals surface area contributed by atoms with Gasteiger partial charge in [-0.25, -0.2) is 0 Å². The fourth-order valence-corrected chi connectivity index (χ4v) is 1.94. The van der Waals surface area contributed by atoms with Crippen LogP contribution in [0.2, 0.25) is 0 Å². The number of nitrogens with zero attached hydrogens (tertiary/aromatic N) is 3. The Morgan fingerprint density at radius 2 is 2.12 bits per heavy atom. The first-order valence-corrected chi connectivity index (χ1v) is 6.02. The largest absolute Gasteiger partial charge is 0.303 e. The molecule has 1 aromatic carbocycles. The summed E-state index contributed by atoms with van der Waals surface area (Å²) in [5.74, 6) is 0.532. The van der Waals surface area contributed by atoms with E-state index >= 15 is 0 Å². The number of rotatable bonds is 5. The maximum atomic E-state index is 5.97. The molecule has 1 aromatic heterocycles. The number of nitrogens with one attached hydrogen (secondary N) is 1. The van der Waals surface area contributed by atoms with Crippen molar-refractivity contribution in [2.24, 2.45) is 7.05 Å². The van der Waals surface area contributed by atoms with E-state index in [1.165, 1.54) is 5.56 Å². The lowest BCUT2D eigenvalue weighted by Gasteiger charge is -2.15. The van der Waals surface area contributed by atoms with Gasteiger partial charge in [0.25, 0.3) is 0 Å². The molecular weight excluding hydrogens is 236 g/mol. The first kappa shape index (κ1) is 12.1. The Balaban J connectivity index is 1.97. The van der Waals surface area contributed by atoms with Gasteiger partial charge >= 0.3 is 0 Å². The van der Waals surface area contributed by atoms with Crippen molar-refractivity contribution in [3.05, 3.63) is 47.8 Å². The van der Waals surface area contributed by atoms with Crippen molar-refractivity contribution in [2.75, 3.05) is 5.88 Å². The molecule has 17 heavy (non-hydrogen) atoms. The molecule has 0 bridgehead atoms. The smallest absolute Gasteiger partial charge is 0.0964 e. The van der Waals surface area contributed by atoms with Crippen LogP contribution in [0.15, 0.2) is 36.5 Å². The molecule has 90 valence electrons. The molecule has 0 saturated heterocycles. The highest BCUT2D eigenvalue weighted by Crippen LogP contribution is 2.14. The molecule has 0 amide bonds. The van der Waals surface area contributed by atoms with Gasteiger partial charge in [-0.15, -0.1) is 16.7 Å². The van der Waals surface area contributed by atoms with Crippen LogP contribution in [-0.2, 0) is 13.6 Å². The predicted molar refractivity (Wildman–Crippen MR) is 67.7 cm³/mol. The lowest BCUT2D eigenvalue weighted by atomic mass is 10.1. The zero-order chi connectivity index (χ0) is 12.1. The third-order valence-electron chi connectivity index (χ3n) is 2.54. The summed E-state index contributed by atoms with van der Waals surface area (Å²) in [6.45, 7) is 0.667. The molecule has 1 unspecified atom stereocenters. The summed E-state index contributed by atoms with van der Waals surface area (Å²) in [7, 11) is 1.85. The minimum absolute atomic E-state index is 0.139. The highest BCUT2D eigenvalue weighted by atomic mass is 35.5.